The third-order valence-corrected chi connectivity index (χ3v) is 6.92. The molecule has 10 heteroatoms. The molecule has 0 bridgehead atoms. The van der Waals surface area contributed by atoms with Gasteiger partial charge in [0.25, 0.3) is 5.56 Å². The SMILES string of the molecule is CCCCCn1c(CCC(=O)NC2(C(=O)OC)CCCCC2)nc2c1c(=O)[nH]c(=O)n2CCCC. The first kappa shape index (κ1) is 26.7. The van der Waals surface area contributed by atoms with Crippen LogP contribution < -0.4 is 16.6 Å². The van der Waals surface area contributed by atoms with Crippen molar-refractivity contribution < 1.29 is 14.3 Å². The minimum atomic E-state index is -0.969. The molecule has 35 heavy (non-hydrogen) atoms. The zero-order valence-electron chi connectivity index (χ0n) is 21.3. The summed E-state index contributed by atoms with van der Waals surface area (Å²) < 4.78 is 8.38. The van der Waals surface area contributed by atoms with Gasteiger partial charge in [-0.25, -0.2) is 14.6 Å². The molecular weight excluding hydrogens is 450 g/mol. The van der Waals surface area contributed by atoms with E-state index >= 15 is 0 Å². The van der Waals surface area contributed by atoms with Crippen LogP contribution in [0.5, 0.6) is 0 Å². The Morgan fingerprint density at radius 1 is 1.03 bits per heavy atom. The number of unbranched alkanes of at least 4 members (excludes halogenated alkanes) is 3. The van der Waals surface area contributed by atoms with E-state index in [0.29, 0.717) is 49.3 Å². The average Bonchev–Trinajstić information content (AvgIpc) is 3.21. The molecule has 2 N–H and O–H groups in total. The number of aromatic amines is 1. The number of H-pyrrole nitrogens is 1. The molecule has 0 spiro atoms. The second-order valence-electron chi connectivity index (χ2n) is 9.51. The number of aryl methyl sites for hydroxylation is 3. The van der Waals surface area contributed by atoms with Crippen LogP contribution in [0.15, 0.2) is 9.59 Å². The molecule has 2 aromatic heterocycles. The molecule has 0 aliphatic heterocycles. The Labute approximate surface area is 205 Å². The predicted molar refractivity (Wildman–Crippen MR) is 133 cm³/mol. The lowest BCUT2D eigenvalue weighted by Gasteiger charge is -2.35. The van der Waals surface area contributed by atoms with Crippen molar-refractivity contribution in [1.82, 2.24) is 24.4 Å². The van der Waals surface area contributed by atoms with E-state index in [2.05, 4.69) is 22.2 Å². The average molecular weight is 490 g/mol. The number of methoxy groups -OCH3 is 1. The van der Waals surface area contributed by atoms with Crippen LogP contribution in [0.3, 0.4) is 0 Å². The van der Waals surface area contributed by atoms with Gasteiger partial charge in [0, 0.05) is 25.9 Å². The van der Waals surface area contributed by atoms with Crippen LogP contribution in [-0.2, 0) is 33.8 Å². The van der Waals surface area contributed by atoms with Gasteiger partial charge in [-0.3, -0.25) is 19.1 Å². The first-order valence-electron chi connectivity index (χ1n) is 13.0. The Morgan fingerprint density at radius 3 is 2.37 bits per heavy atom. The molecule has 1 amide bonds. The van der Waals surface area contributed by atoms with Gasteiger partial charge in [0.15, 0.2) is 11.2 Å². The van der Waals surface area contributed by atoms with Gasteiger partial charge in [-0.15, -0.1) is 0 Å². The first-order valence-corrected chi connectivity index (χ1v) is 13.0. The number of imidazole rings is 1. The van der Waals surface area contributed by atoms with Gasteiger partial charge in [-0.1, -0.05) is 52.4 Å². The molecule has 2 heterocycles. The van der Waals surface area contributed by atoms with Crippen LogP contribution >= 0.6 is 0 Å². The van der Waals surface area contributed by atoms with Crippen molar-refractivity contribution in [3.05, 3.63) is 26.7 Å². The Bertz CT molecular complexity index is 1140. The fraction of sp³-hybridized carbons (Fsp3) is 0.720. The van der Waals surface area contributed by atoms with Gasteiger partial charge in [-0.2, -0.15) is 0 Å². The highest BCUT2D eigenvalue weighted by atomic mass is 16.5. The van der Waals surface area contributed by atoms with E-state index in [4.69, 9.17) is 4.74 Å². The smallest absolute Gasteiger partial charge is 0.331 e. The molecule has 10 nitrogen and oxygen atoms in total. The Hall–Kier alpha value is -2.91. The normalized spacial score (nSPS) is 15.3. The van der Waals surface area contributed by atoms with Crippen molar-refractivity contribution in [2.45, 2.75) is 110 Å². The molecule has 0 unspecified atom stereocenters. The molecule has 0 saturated heterocycles. The van der Waals surface area contributed by atoms with Gasteiger partial charge < -0.3 is 14.6 Å². The van der Waals surface area contributed by atoms with Gasteiger partial charge in [0.05, 0.1) is 7.11 Å². The molecule has 2 aromatic rings. The molecule has 194 valence electrons. The second kappa shape index (κ2) is 12.2. The fourth-order valence-corrected chi connectivity index (χ4v) is 4.98. The Balaban J connectivity index is 1.89. The number of nitrogens with one attached hydrogen (secondary N) is 2. The third kappa shape index (κ3) is 6.02. The van der Waals surface area contributed by atoms with E-state index < -0.39 is 22.8 Å². The van der Waals surface area contributed by atoms with E-state index in [1.165, 1.54) is 11.7 Å². The zero-order valence-corrected chi connectivity index (χ0v) is 21.3. The number of rotatable bonds is 12. The number of hydrogen-bond acceptors (Lipinski definition) is 6. The van der Waals surface area contributed by atoms with Crippen molar-refractivity contribution in [2.75, 3.05) is 7.11 Å². The molecule has 1 fully saturated rings. The number of aromatic nitrogens is 4. The standard InChI is InChI=1S/C25H39N5O5/c1-4-6-11-17-29-18(26-21-20(29)22(32)27-24(34)30(21)16-7-5-2)12-13-19(31)28-25(23(33)35-3)14-9-8-10-15-25/h4-17H2,1-3H3,(H,28,31)(H,27,32,34). The van der Waals surface area contributed by atoms with Gasteiger partial charge >= 0.3 is 11.7 Å². The summed E-state index contributed by atoms with van der Waals surface area (Å²) >= 11 is 0. The lowest BCUT2D eigenvalue weighted by atomic mass is 9.81. The number of ether oxygens (including phenoxy) is 1. The van der Waals surface area contributed by atoms with Gasteiger partial charge in [0.2, 0.25) is 5.91 Å². The molecule has 1 aliphatic carbocycles. The maximum Gasteiger partial charge on any atom is 0.331 e. The second-order valence-corrected chi connectivity index (χ2v) is 9.51. The number of fused-ring (bicyclic) bond motifs is 1. The summed E-state index contributed by atoms with van der Waals surface area (Å²) in [5.41, 5.74) is -1.13. The summed E-state index contributed by atoms with van der Waals surface area (Å²) in [7, 11) is 1.35. The van der Waals surface area contributed by atoms with E-state index in [0.717, 1.165) is 51.4 Å². The monoisotopic (exact) mass is 489 g/mol. The Morgan fingerprint density at radius 2 is 1.71 bits per heavy atom. The highest BCUT2D eigenvalue weighted by Gasteiger charge is 2.41. The van der Waals surface area contributed by atoms with Gasteiger partial charge in [0.1, 0.15) is 11.4 Å². The summed E-state index contributed by atoms with van der Waals surface area (Å²) in [4.78, 5) is 57.8. The summed E-state index contributed by atoms with van der Waals surface area (Å²) in [5.74, 6) is -0.0473. The largest absolute Gasteiger partial charge is 0.467 e. The number of carbonyl (C=O) groups excluding carboxylic acids is 2. The third-order valence-electron chi connectivity index (χ3n) is 6.92. The molecular formula is C25H39N5O5. The predicted octanol–water partition coefficient (Wildman–Crippen LogP) is 2.80. The molecule has 1 saturated carbocycles. The van der Waals surface area contributed by atoms with Crippen molar-refractivity contribution in [1.29, 1.82) is 0 Å². The number of carbonyl (C=O) groups is 2. The van der Waals surface area contributed by atoms with Crippen LogP contribution in [0.4, 0.5) is 0 Å². The van der Waals surface area contributed by atoms with Crippen LogP contribution in [-0.4, -0.2) is 43.6 Å². The summed E-state index contributed by atoms with van der Waals surface area (Å²) in [6.45, 7) is 5.20. The minimum Gasteiger partial charge on any atom is -0.467 e. The fourth-order valence-electron chi connectivity index (χ4n) is 4.98. The summed E-state index contributed by atoms with van der Waals surface area (Å²) in [5, 5.41) is 2.95. The molecule has 0 aromatic carbocycles. The van der Waals surface area contributed by atoms with Crippen LogP contribution in [0.25, 0.3) is 11.2 Å². The van der Waals surface area contributed by atoms with Crippen molar-refractivity contribution in [2.24, 2.45) is 0 Å². The first-order chi connectivity index (χ1) is 16.9. The molecule has 3 rings (SSSR count). The summed E-state index contributed by atoms with van der Waals surface area (Å²) in [6, 6.07) is 0. The maximum absolute atomic E-state index is 12.9. The van der Waals surface area contributed by atoms with Crippen molar-refractivity contribution >= 4 is 23.0 Å². The quantitative estimate of drug-likeness (QED) is 0.349. The Kier molecular flexibility index (Phi) is 9.28. The lowest BCUT2D eigenvalue weighted by Crippen LogP contribution is -2.56. The zero-order chi connectivity index (χ0) is 25.4. The van der Waals surface area contributed by atoms with E-state index in [1.54, 1.807) is 0 Å². The van der Waals surface area contributed by atoms with E-state index in [1.807, 2.05) is 11.5 Å². The van der Waals surface area contributed by atoms with E-state index in [9.17, 15) is 19.2 Å². The number of nitrogens with zero attached hydrogens (tertiary/aromatic N) is 3. The molecule has 0 atom stereocenters. The maximum atomic E-state index is 12.9. The lowest BCUT2D eigenvalue weighted by molar-refractivity contribution is -0.152. The number of hydrogen-bond donors (Lipinski definition) is 2. The van der Waals surface area contributed by atoms with Gasteiger partial charge in [-0.05, 0) is 25.7 Å². The topological polar surface area (TPSA) is 128 Å². The minimum absolute atomic E-state index is 0.118. The van der Waals surface area contributed by atoms with Crippen LogP contribution in [0.1, 0.15) is 90.3 Å². The summed E-state index contributed by atoms with van der Waals surface area (Å²) in [6.07, 6.45) is 8.88. The van der Waals surface area contributed by atoms with E-state index in [-0.39, 0.29) is 12.3 Å². The highest BCUT2D eigenvalue weighted by molar-refractivity contribution is 5.88. The molecule has 1 aliphatic rings. The van der Waals surface area contributed by atoms with Crippen molar-refractivity contribution in [3.63, 3.8) is 0 Å². The van der Waals surface area contributed by atoms with Crippen LogP contribution in [0.2, 0.25) is 0 Å². The number of esters is 1. The molecule has 0 radical (unpaired) electrons. The number of amides is 1. The highest BCUT2D eigenvalue weighted by Crippen LogP contribution is 2.29. The van der Waals surface area contributed by atoms with Crippen molar-refractivity contribution in [3.8, 4) is 0 Å². The van der Waals surface area contributed by atoms with Crippen LogP contribution in [0, 0.1) is 0 Å².